The lowest BCUT2D eigenvalue weighted by atomic mass is 9.81. The number of imide groups is 1. The molecule has 7 nitrogen and oxygen atoms in total. The monoisotopic (exact) mass is 322 g/mol. The minimum absolute atomic E-state index is 0.0312. The molecule has 3 rings (SSSR count). The van der Waals surface area contributed by atoms with Crippen molar-refractivity contribution in [3.05, 3.63) is 0 Å². The van der Waals surface area contributed by atoms with E-state index in [0.717, 1.165) is 37.0 Å². The smallest absolute Gasteiger partial charge is 0.327 e. The summed E-state index contributed by atoms with van der Waals surface area (Å²) in [6.45, 7) is 0.196. The van der Waals surface area contributed by atoms with Crippen molar-refractivity contribution < 1.29 is 14.4 Å². The van der Waals surface area contributed by atoms with Gasteiger partial charge in [0.05, 0.1) is 0 Å². The van der Waals surface area contributed by atoms with Crippen molar-refractivity contribution in [2.75, 3.05) is 20.1 Å². The molecule has 1 aliphatic heterocycles. The van der Waals surface area contributed by atoms with E-state index >= 15 is 0 Å². The Balaban J connectivity index is 1.59. The summed E-state index contributed by atoms with van der Waals surface area (Å²) in [4.78, 5) is 39.9. The van der Waals surface area contributed by atoms with E-state index < -0.39 is 5.54 Å². The fourth-order valence-corrected chi connectivity index (χ4v) is 3.79. The van der Waals surface area contributed by atoms with Crippen LogP contribution in [0.1, 0.15) is 44.9 Å². The van der Waals surface area contributed by atoms with Crippen molar-refractivity contribution in [3.8, 4) is 0 Å². The lowest BCUT2D eigenvalue weighted by Gasteiger charge is -2.35. The molecule has 23 heavy (non-hydrogen) atoms. The van der Waals surface area contributed by atoms with Gasteiger partial charge in [0.2, 0.25) is 5.91 Å². The SMILES string of the molecule is CN1C(=O)N(CC(=O)NCC(N)C2CC2)C(=O)C12CCCCC2. The number of rotatable bonds is 5. The molecule has 1 atom stereocenters. The Hall–Kier alpha value is -1.63. The first-order valence-electron chi connectivity index (χ1n) is 8.58. The standard InChI is InChI=1S/C16H26N4O3/c1-19-15(23)20(14(22)16(19)7-3-2-4-8-16)10-13(21)18-9-12(17)11-5-6-11/h11-12H,2-10,17H2,1H3,(H,18,21). The van der Waals surface area contributed by atoms with E-state index in [-0.39, 0.29) is 30.4 Å². The molecule has 0 aromatic heterocycles. The predicted octanol–water partition coefficient (Wildman–Crippen LogP) is 0.437. The Morgan fingerprint density at radius 1 is 1.30 bits per heavy atom. The molecule has 0 bridgehead atoms. The molecule has 4 amide bonds. The molecule has 0 aromatic carbocycles. The van der Waals surface area contributed by atoms with Gasteiger partial charge in [0.15, 0.2) is 0 Å². The average molecular weight is 322 g/mol. The van der Waals surface area contributed by atoms with Gasteiger partial charge in [-0.05, 0) is 31.6 Å². The molecule has 0 radical (unpaired) electrons. The maximum atomic E-state index is 12.8. The van der Waals surface area contributed by atoms with E-state index in [1.807, 2.05) is 0 Å². The Bertz CT molecular complexity index is 511. The van der Waals surface area contributed by atoms with Crippen molar-refractivity contribution in [2.24, 2.45) is 11.7 Å². The number of nitrogens with zero attached hydrogens (tertiary/aromatic N) is 2. The predicted molar refractivity (Wildman–Crippen MR) is 84.4 cm³/mol. The molecule has 128 valence electrons. The number of likely N-dealkylation sites (N-methyl/N-ethyl adjacent to an activating group) is 1. The molecule has 3 N–H and O–H groups in total. The highest BCUT2D eigenvalue weighted by Gasteiger charge is 2.55. The summed E-state index contributed by atoms with van der Waals surface area (Å²) in [5.41, 5.74) is 5.23. The van der Waals surface area contributed by atoms with Crippen LogP contribution in [0.5, 0.6) is 0 Å². The van der Waals surface area contributed by atoms with Gasteiger partial charge in [0.1, 0.15) is 12.1 Å². The van der Waals surface area contributed by atoms with Crippen LogP contribution in [0.25, 0.3) is 0 Å². The second kappa shape index (κ2) is 6.11. The maximum absolute atomic E-state index is 12.8. The number of hydrogen-bond acceptors (Lipinski definition) is 4. The molecular formula is C16H26N4O3. The molecule has 2 saturated carbocycles. The molecule has 1 heterocycles. The number of carbonyl (C=O) groups is 3. The van der Waals surface area contributed by atoms with Gasteiger partial charge in [0.25, 0.3) is 5.91 Å². The van der Waals surface area contributed by atoms with Crippen LogP contribution in [-0.2, 0) is 9.59 Å². The van der Waals surface area contributed by atoms with E-state index in [2.05, 4.69) is 5.32 Å². The maximum Gasteiger partial charge on any atom is 0.327 e. The number of nitrogens with one attached hydrogen (secondary N) is 1. The number of amides is 4. The summed E-state index contributed by atoms with van der Waals surface area (Å²) in [6.07, 6.45) is 6.61. The van der Waals surface area contributed by atoms with Gasteiger partial charge in [-0.25, -0.2) is 4.79 Å². The Kier molecular flexibility index (Phi) is 4.31. The highest BCUT2D eigenvalue weighted by atomic mass is 16.2. The van der Waals surface area contributed by atoms with Crippen LogP contribution in [0.4, 0.5) is 4.79 Å². The molecule has 1 saturated heterocycles. The van der Waals surface area contributed by atoms with Gasteiger partial charge in [-0.3, -0.25) is 14.5 Å². The second-order valence-electron chi connectivity index (χ2n) is 7.13. The Morgan fingerprint density at radius 2 is 1.96 bits per heavy atom. The van der Waals surface area contributed by atoms with Crippen molar-refractivity contribution in [2.45, 2.75) is 56.5 Å². The molecule has 2 aliphatic carbocycles. The zero-order valence-electron chi connectivity index (χ0n) is 13.7. The van der Waals surface area contributed by atoms with Crippen LogP contribution in [-0.4, -0.2) is 59.4 Å². The normalized spacial score (nSPS) is 25.1. The van der Waals surface area contributed by atoms with Gasteiger partial charge in [-0.2, -0.15) is 0 Å². The largest absolute Gasteiger partial charge is 0.353 e. The fraction of sp³-hybridized carbons (Fsp3) is 0.812. The molecule has 7 heteroatoms. The van der Waals surface area contributed by atoms with Crippen molar-refractivity contribution in [1.29, 1.82) is 0 Å². The summed E-state index contributed by atoms with van der Waals surface area (Å²) >= 11 is 0. The quantitative estimate of drug-likeness (QED) is 0.718. The molecule has 1 spiro atoms. The van der Waals surface area contributed by atoms with E-state index in [4.69, 9.17) is 5.73 Å². The minimum atomic E-state index is -0.722. The van der Waals surface area contributed by atoms with E-state index in [1.54, 1.807) is 7.05 Å². The summed E-state index contributed by atoms with van der Waals surface area (Å²) in [5, 5.41) is 2.75. The summed E-state index contributed by atoms with van der Waals surface area (Å²) in [5.74, 6) is -0.0302. The third-order valence-electron chi connectivity index (χ3n) is 5.55. The third-order valence-corrected chi connectivity index (χ3v) is 5.55. The molecule has 3 fully saturated rings. The van der Waals surface area contributed by atoms with Crippen LogP contribution in [0.3, 0.4) is 0 Å². The highest BCUT2D eigenvalue weighted by Crippen LogP contribution is 2.39. The van der Waals surface area contributed by atoms with Crippen LogP contribution in [0.2, 0.25) is 0 Å². The first-order chi connectivity index (χ1) is 11.0. The van der Waals surface area contributed by atoms with Gasteiger partial charge < -0.3 is 16.0 Å². The number of nitrogens with two attached hydrogens (primary N) is 1. The van der Waals surface area contributed by atoms with Crippen LogP contribution in [0.15, 0.2) is 0 Å². The first kappa shape index (κ1) is 16.2. The van der Waals surface area contributed by atoms with Crippen LogP contribution in [0, 0.1) is 5.92 Å². The molecule has 3 aliphatic rings. The van der Waals surface area contributed by atoms with Crippen molar-refractivity contribution >= 4 is 17.8 Å². The number of carbonyl (C=O) groups excluding carboxylic acids is 3. The van der Waals surface area contributed by atoms with Crippen molar-refractivity contribution in [1.82, 2.24) is 15.1 Å². The van der Waals surface area contributed by atoms with Gasteiger partial charge in [-0.15, -0.1) is 0 Å². The molecular weight excluding hydrogens is 296 g/mol. The van der Waals surface area contributed by atoms with E-state index in [1.165, 1.54) is 4.90 Å². The Morgan fingerprint density at radius 3 is 2.57 bits per heavy atom. The van der Waals surface area contributed by atoms with Gasteiger partial charge >= 0.3 is 6.03 Å². The first-order valence-corrected chi connectivity index (χ1v) is 8.58. The van der Waals surface area contributed by atoms with E-state index in [9.17, 15) is 14.4 Å². The van der Waals surface area contributed by atoms with Crippen molar-refractivity contribution in [3.63, 3.8) is 0 Å². The summed E-state index contributed by atoms with van der Waals surface area (Å²) in [6, 6.07) is -0.394. The fourth-order valence-electron chi connectivity index (χ4n) is 3.79. The summed E-state index contributed by atoms with van der Waals surface area (Å²) in [7, 11) is 1.67. The highest BCUT2D eigenvalue weighted by molar-refractivity contribution is 6.08. The second-order valence-corrected chi connectivity index (χ2v) is 7.13. The van der Waals surface area contributed by atoms with E-state index in [0.29, 0.717) is 25.3 Å². The number of urea groups is 1. The minimum Gasteiger partial charge on any atom is -0.353 e. The Labute approximate surface area is 136 Å². The van der Waals surface area contributed by atoms with Crippen LogP contribution < -0.4 is 11.1 Å². The zero-order chi connectivity index (χ0) is 16.6. The number of hydrogen-bond donors (Lipinski definition) is 2. The zero-order valence-corrected chi connectivity index (χ0v) is 13.7. The summed E-state index contributed by atoms with van der Waals surface area (Å²) < 4.78 is 0. The average Bonchev–Trinajstić information content (AvgIpc) is 3.39. The van der Waals surface area contributed by atoms with Gasteiger partial charge in [0, 0.05) is 19.6 Å². The molecule has 0 aromatic rings. The van der Waals surface area contributed by atoms with Crippen LogP contribution >= 0.6 is 0 Å². The van der Waals surface area contributed by atoms with Gasteiger partial charge in [-0.1, -0.05) is 19.3 Å². The lowest BCUT2D eigenvalue weighted by molar-refractivity contribution is -0.137. The topological polar surface area (TPSA) is 95.7 Å². The lowest BCUT2D eigenvalue weighted by Crippen LogP contribution is -2.49. The molecule has 1 unspecified atom stereocenters. The third kappa shape index (κ3) is 2.94.